The summed E-state index contributed by atoms with van der Waals surface area (Å²) in [5.41, 5.74) is -1.68. The highest BCUT2D eigenvalue weighted by molar-refractivity contribution is 5.97. The normalized spacial score (nSPS) is 15.4. The minimum Gasteiger partial charge on any atom is -0.467 e. The number of rotatable bonds is 33. The molecule has 1 rings (SSSR count). The monoisotopic (exact) mass is 1180 g/mol. The number of aliphatic hydroxyl groups excluding tert-OH is 2. The van der Waals surface area contributed by atoms with Gasteiger partial charge < -0.3 is 81.7 Å². The number of methoxy groups -OCH3 is 1. The molecule has 0 spiro atoms. The van der Waals surface area contributed by atoms with Gasteiger partial charge in [0.15, 0.2) is 6.04 Å². The fraction of sp³-hybridized carbons (Fsp3) is 0.719. The van der Waals surface area contributed by atoms with Crippen LogP contribution in [-0.4, -0.2) is 174 Å². The zero-order valence-electron chi connectivity index (χ0n) is 51.7. The van der Waals surface area contributed by atoms with E-state index in [9.17, 15) is 58.2 Å². The molecule has 1 aromatic carbocycles. The molecule has 83 heavy (non-hydrogen) atoms. The summed E-state index contributed by atoms with van der Waals surface area (Å²) in [4.78, 5) is 136. The smallest absolute Gasteiger partial charge is 0.408 e. The van der Waals surface area contributed by atoms with Crippen molar-refractivity contribution in [2.75, 3.05) is 33.4 Å². The molecular weight excluding hydrogens is 1080 g/mol. The number of esters is 1. The molecule has 1 aromatic rings. The van der Waals surface area contributed by atoms with Gasteiger partial charge in [-0.15, -0.1) is 0 Å². The predicted octanol–water partition coefficient (Wildman–Crippen LogP) is 1.90. The van der Waals surface area contributed by atoms with Gasteiger partial charge in [0.25, 0.3) is 0 Å². The summed E-state index contributed by atoms with van der Waals surface area (Å²) in [6, 6.07) is -1.21. The fourth-order valence-electron chi connectivity index (χ4n) is 7.46. The van der Waals surface area contributed by atoms with Crippen LogP contribution in [0.4, 0.5) is 9.59 Å². The number of nitrogens with one attached hydrogen (secondary N) is 9. The van der Waals surface area contributed by atoms with Gasteiger partial charge in [0.2, 0.25) is 41.4 Å². The predicted molar refractivity (Wildman–Crippen MR) is 306 cm³/mol. The van der Waals surface area contributed by atoms with Crippen LogP contribution in [0, 0.1) is 17.8 Å². The molecule has 472 valence electrons. The minimum absolute atomic E-state index is 0.0184. The molecule has 10 atom stereocenters. The second kappa shape index (κ2) is 35.5. The van der Waals surface area contributed by atoms with Gasteiger partial charge in [0, 0.05) is 6.54 Å². The second-order valence-corrected chi connectivity index (χ2v) is 24.1. The lowest BCUT2D eigenvalue weighted by Crippen LogP contribution is -2.62. The molecule has 0 heterocycles. The molecule has 9 amide bonds. The molecule has 0 aliphatic heterocycles. The van der Waals surface area contributed by atoms with Gasteiger partial charge >= 0.3 is 18.2 Å². The molecular formula is C57H97N9O17. The van der Waals surface area contributed by atoms with Crippen LogP contribution in [0.25, 0.3) is 0 Å². The van der Waals surface area contributed by atoms with Crippen molar-refractivity contribution in [3.63, 3.8) is 0 Å². The Morgan fingerprint density at radius 3 is 1.59 bits per heavy atom. The molecule has 0 saturated carbocycles. The number of hydrogen-bond acceptors (Lipinski definition) is 17. The van der Waals surface area contributed by atoms with Crippen LogP contribution < -0.4 is 47.9 Å². The van der Waals surface area contributed by atoms with Crippen molar-refractivity contribution >= 4 is 59.5 Å². The molecule has 0 unspecified atom stereocenters. The Bertz CT molecular complexity index is 2260. The SMILES string of the molecule is CC[C@H](C)[C@H](NC(=O)[C@@H](CCCNC(=O)OCc1ccccc1)NC(=O)[C@H](CC(C)C)NC(=O)[C@@H](NC(=O)OC(C)(C)C)[C@H](O)C(C)C)C(=O)N[C@H](C(=O)NCC(=O)N[C@@H](COC(C)(C)C)C(=O)N[C@@H](COC(C)(C)C)C(=O)OC)[C@H](C)O. The maximum Gasteiger partial charge on any atom is 0.408 e. The fourth-order valence-corrected chi connectivity index (χ4v) is 7.46. The Kier molecular flexibility index (Phi) is 31.8. The van der Waals surface area contributed by atoms with Gasteiger partial charge in [-0.1, -0.05) is 78.3 Å². The van der Waals surface area contributed by atoms with Crippen molar-refractivity contribution in [1.82, 2.24) is 47.9 Å². The maximum absolute atomic E-state index is 14.5. The van der Waals surface area contributed by atoms with Crippen molar-refractivity contribution in [2.24, 2.45) is 17.8 Å². The first-order valence-corrected chi connectivity index (χ1v) is 28.1. The number of carbonyl (C=O) groups is 10. The molecule has 26 heteroatoms. The maximum atomic E-state index is 14.5. The lowest BCUT2D eigenvalue weighted by Gasteiger charge is -2.31. The van der Waals surface area contributed by atoms with E-state index in [4.69, 9.17) is 23.7 Å². The van der Waals surface area contributed by atoms with Crippen LogP contribution in [0.2, 0.25) is 0 Å². The Morgan fingerprint density at radius 1 is 0.554 bits per heavy atom. The highest BCUT2D eigenvalue weighted by Crippen LogP contribution is 2.16. The summed E-state index contributed by atoms with van der Waals surface area (Å²) >= 11 is 0. The highest BCUT2D eigenvalue weighted by atomic mass is 16.6. The van der Waals surface area contributed by atoms with E-state index in [1.165, 1.54) is 6.92 Å². The Hall–Kier alpha value is -6.64. The molecule has 0 aliphatic rings. The van der Waals surface area contributed by atoms with Gasteiger partial charge in [-0.05, 0) is 112 Å². The summed E-state index contributed by atoms with van der Waals surface area (Å²) in [5, 5.41) is 44.7. The van der Waals surface area contributed by atoms with Gasteiger partial charge in [-0.3, -0.25) is 33.6 Å². The van der Waals surface area contributed by atoms with Crippen molar-refractivity contribution < 1.29 is 81.8 Å². The molecule has 0 bridgehead atoms. The van der Waals surface area contributed by atoms with Crippen molar-refractivity contribution in [3.05, 3.63) is 35.9 Å². The third-order valence-corrected chi connectivity index (χ3v) is 12.2. The van der Waals surface area contributed by atoms with Crippen LogP contribution in [-0.2, 0) is 68.6 Å². The lowest BCUT2D eigenvalue weighted by molar-refractivity contribution is -0.149. The van der Waals surface area contributed by atoms with E-state index in [2.05, 4.69) is 47.9 Å². The van der Waals surface area contributed by atoms with E-state index < -0.39 is 149 Å². The zero-order valence-corrected chi connectivity index (χ0v) is 51.7. The van der Waals surface area contributed by atoms with E-state index in [1.807, 2.05) is 6.07 Å². The number of ether oxygens (including phenoxy) is 5. The minimum atomic E-state index is -1.71. The van der Waals surface area contributed by atoms with Gasteiger partial charge in [-0.25, -0.2) is 14.4 Å². The second-order valence-electron chi connectivity index (χ2n) is 24.1. The average Bonchev–Trinajstić information content (AvgIpc) is 3.45. The summed E-state index contributed by atoms with van der Waals surface area (Å²) in [5.74, 6) is -8.59. The van der Waals surface area contributed by atoms with E-state index in [0.29, 0.717) is 0 Å². The number of hydrogen-bond donors (Lipinski definition) is 11. The van der Waals surface area contributed by atoms with Crippen LogP contribution >= 0.6 is 0 Å². The lowest BCUT2D eigenvalue weighted by atomic mass is 9.96. The largest absolute Gasteiger partial charge is 0.467 e. The Labute approximate surface area is 489 Å². The molecule has 26 nitrogen and oxygen atoms in total. The molecule has 0 saturated heterocycles. The summed E-state index contributed by atoms with van der Waals surface area (Å²) in [6.45, 7) is 25.2. The van der Waals surface area contributed by atoms with Crippen LogP contribution in [0.5, 0.6) is 0 Å². The van der Waals surface area contributed by atoms with Crippen molar-refractivity contribution in [3.8, 4) is 0 Å². The zero-order chi connectivity index (χ0) is 63.6. The molecule has 0 fully saturated rings. The van der Waals surface area contributed by atoms with E-state index in [1.54, 1.807) is 128 Å². The number of alkyl carbamates (subject to hydrolysis) is 2. The third kappa shape index (κ3) is 30.5. The van der Waals surface area contributed by atoms with Crippen LogP contribution in [0.3, 0.4) is 0 Å². The summed E-state index contributed by atoms with van der Waals surface area (Å²) in [6.07, 6.45) is -4.53. The van der Waals surface area contributed by atoms with Gasteiger partial charge in [0.05, 0.1) is 50.3 Å². The third-order valence-electron chi connectivity index (χ3n) is 12.2. The van der Waals surface area contributed by atoms with Crippen LogP contribution in [0.1, 0.15) is 142 Å². The first-order chi connectivity index (χ1) is 38.4. The van der Waals surface area contributed by atoms with Gasteiger partial charge in [0.1, 0.15) is 48.5 Å². The first kappa shape index (κ1) is 74.4. The Morgan fingerprint density at radius 2 is 1.07 bits per heavy atom. The molecule has 0 aliphatic carbocycles. The summed E-state index contributed by atoms with van der Waals surface area (Å²) in [7, 11) is 1.13. The van der Waals surface area contributed by atoms with E-state index in [0.717, 1.165) is 12.7 Å². The number of aliphatic hydroxyl groups is 2. The number of carbonyl (C=O) groups excluding carboxylic acids is 10. The molecule has 11 N–H and O–H groups in total. The van der Waals surface area contributed by atoms with Crippen molar-refractivity contribution in [2.45, 2.75) is 214 Å². The topological polar surface area (TPSA) is 366 Å². The van der Waals surface area contributed by atoms with E-state index >= 15 is 0 Å². The Balaban J connectivity index is 3.50. The van der Waals surface area contributed by atoms with Gasteiger partial charge in [-0.2, -0.15) is 0 Å². The molecule has 0 aromatic heterocycles. The summed E-state index contributed by atoms with van der Waals surface area (Å²) < 4.78 is 27.0. The average molecular weight is 1180 g/mol. The highest BCUT2D eigenvalue weighted by Gasteiger charge is 2.38. The van der Waals surface area contributed by atoms with E-state index in [-0.39, 0.29) is 58.0 Å². The first-order valence-electron chi connectivity index (χ1n) is 28.1. The quantitative estimate of drug-likeness (QED) is 0.0272. The van der Waals surface area contributed by atoms with Crippen molar-refractivity contribution in [1.29, 1.82) is 0 Å². The standard InChI is InChI=1S/C57H97N9O17/c1-18-34(6)42(50(74)65-43(35(7)67)49(73)59-28-41(68)60-39(30-81-55(8,9)10)48(72)63-40(52(76)79-17)31-82-56(11,12)13)64-46(70)37(25-22-26-58-53(77)80-29-36-23-20-19-21-24-36)61-47(71)38(27-32(2)3)62-51(75)44(45(69)33(4)5)66-54(78)83-57(14,15)16/h19-21,23-24,32-35,37-40,42-45,67,69H,18,22,25-31H2,1-17H3,(H,58,77)(H,59,73)(H,60,68)(H,61,71)(H,62,75)(H,63,72)(H,64,70)(H,65,74)(H,66,78)/t34-,35-,37+,38-,39-,40-,42-,43-,44-,45+/m0/s1. The number of amides is 9. The van der Waals surface area contributed by atoms with Crippen LogP contribution in [0.15, 0.2) is 30.3 Å². The molecule has 0 radical (unpaired) electrons. The number of benzene rings is 1.